The molecule has 0 radical (unpaired) electrons. The van der Waals surface area contributed by atoms with Gasteiger partial charge in [0, 0.05) is 36.7 Å². The molecule has 7 heteroatoms. The van der Waals surface area contributed by atoms with E-state index < -0.39 is 0 Å². The number of ether oxygens (including phenoxy) is 1. The number of rotatable bonds is 2. The Morgan fingerprint density at radius 3 is 2.79 bits per heavy atom. The van der Waals surface area contributed by atoms with Gasteiger partial charge in [0.1, 0.15) is 5.82 Å². The summed E-state index contributed by atoms with van der Waals surface area (Å²) in [5.41, 5.74) is 2.34. The fourth-order valence-electron chi connectivity index (χ4n) is 5.01. The van der Waals surface area contributed by atoms with Gasteiger partial charge < -0.3 is 15.0 Å². The van der Waals surface area contributed by atoms with Crippen molar-refractivity contribution in [2.24, 2.45) is 5.92 Å². The van der Waals surface area contributed by atoms with Crippen LogP contribution in [0.5, 0.6) is 0 Å². The van der Waals surface area contributed by atoms with Crippen molar-refractivity contribution in [2.75, 3.05) is 36.5 Å². The van der Waals surface area contributed by atoms with Crippen LogP contribution in [0, 0.1) is 5.92 Å². The van der Waals surface area contributed by atoms with Gasteiger partial charge in [-0.05, 0) is 38.0 Å². The number of H-pyrrole nitrogens is 1. The first-order valence-electron chi connectivity index (χ1n) is 10.4. The number of morpholine rings is 1. The van der Waals surface area contributed by atoms with E-state index in [1.165, 1.54) is 0 Å². The van der Waals surface area contributed by atoms with E-state index in [4.69, 9.17) is 9.72 Å². The molecule has 0 saturated carbocycles. The number of hydrogen-bond acceptors (Lipinski definition) is 6. The topological polar surface area (TPSA) is 87.3 Å². The Balaban J connectivity index is 1.61. The Kier molecular flexibility index (Phi) is 4.55. The second-order valence-corrected chi connectivity index (χ2v) is 8.07. The van der Waals surface area contributed by atoms with Gasteiger partial charge in [-0.25, -0.2) is 0 Å². The maximum absolute atomic E-state index is 13.2. The van der Waals surface area contributed by atoms with Crippen LogP contribution in [0.15, 0.2) is 28.2 Å². The quantitative estimate of drug-likeness (QED) is 0.764. The molecule has 2 aliphatic carbocycles. The molecule has 5 rings (SSSR count). The summed E-state index contributed by atoms with van der Waals surface area (Å²) in [6.07, 6.45) is 9.56. The minimum Gasteiger partial charge on any atom is -0.378 e. The molecule has 0 amide bonds. The molecule has 2 atom stereocenters. The molecule has 0 bridgehead atoms. The monoisotopic (exact) mass is 382 g/mol. The molecule has 4 aliphatic rings. The molecule has 1 fully saturated rings. The van der Waals surface area contributed by atoms with Crippen LogP contribution in [0.4, 0.5) is 11.8 Å². The fourth-order valence-corrected chi connectivity index (χ4v) is 5.01. The smallest absolute Gasteiger partial charge is 0.258 e. The SMILES string of the molecule is O=C1CCCC2=C1[C@@H]([C@@H]1CC=CCC1)c1c(nc(N3CCOCC3)[nH]c1=O)N2. The number of ketones is 1. The van der Waals surface area contributed by atoms with Crippen molar-refractivity contribution in [3.8, 4) is 0 Å². The van der Waals surface area contributed by atoms with Gasteiger partial charge in [0.25, 0.3) is 5.56 Å². The number of nitrogens with one attached hydrogen (secondary N) is 2. The van der Waals surface area contributed by atoms with Crippen LogP contribution < -0.4 is 15.8 Å². The Morgan fingerprint density at radius 2 is 2.00 bits per heavy atom. The van der Waals surface area contributed by atoms with E-state index >= 15 is 0 Å². The molecule has 1 aromatic heterocycles. The van der Waals surface area contributed by atoms with E-state index in [2.05, 4.69) is 27.4 Å². The molecule has 1 saturated heterocycles. The molecular formula is C21H26N4O3. The van der Waals surface area contributed by atoms with Crippen LogP contribution >= 0.6 is 0 Å². The molecule has 28 heavy (non-hydrogen) atoms. The number of hydrogen-bond donors (Lipinski definition) is 2. The number of carbonyl (C=O) groups excluding carboxylic acids is 1. The van der Waals surface area contributed by atoms with Crippen molar-refractivity contribution < 1.29 is 9.53 Å². The highest BCUT2D eigenvalue weighted by atomic mass is 16.5. The van der Waals surface area contributed by atoms with Crippen molar-refractivity contribution in [1.29, 1.82) is 0 Å². The van der Waals surface area contributed by atoms with Gasteiger partial charge in [-0.3, -0.25) is 14.6 Å². The third-order valence-electron chi connectivity index (χ3n) is 6.38. The number of nitrogens with zero attached hydrogens (tertiary/aromatic N) is 2. The zero-order valence-electron chi connectivity index (χ0n) is 16.0. The maximum Gasteiger partial charge on any atom is 0.258 e. The standard InChI is InChI=1S/C21H26N4O3/c26-15-8-4-7-14-17(15)16(13-5-2-1-3-6-13)18-19(22-14)23-21(24-20(18)27)25-9-11-28-12-10-25/h1-2,13,16H,3-12H2,(H2,22,23,24,27)/t13-,16-/m1/s1. The van der Waals surface area contributed by atoms with Gasteiger partial charge in [-0.2, -0.15) is 4.98 Å². The van der Waals surface area contributed by atoms with Gasteiger partial charge in [0.05, 0.1) is 18.8 Å². The summed E-state index contributed by atoms with van der Waals surface area (Å²) < 4.78 is 5.41. The zero-order valence-corrected chi connectivity index (χ0v) is 16.0. The van der Waals surface area contributed by atoms with Gasteiger partial charge >= 0.3 is 0 Å². The summed E-state index contributed by atoms with van der Waals surface area (Å²) in [7, 11) is 0. The van der Waals surface area contributed by atoms with Gasteiger partial charge in [0.2, 0.25) is 5.95 Å². The predicted octanol–water partition coefficient (Wildman–Crippen LogP) is 2.48. The second-order valence-electron chi connectivity index (χ2n) is 8.07. The van der Waals surface area contributed by atoms with Gasteiger partial charge in [-0.1, -0.05) is 12.2 Å². The second kappa shape index (κ2) is 7.20. The molecule has 2 N–H and O–H groups in total. The minimum absolute atomic E-state index is 0.122. The summed E-state index contributed by atoms with van der Waals surface area (Å²) in [4.78, 5) is 35.9. The highest BCUT2D eigenvalue weighted by Gasteiger charge is 2.41. The average molecular weight is 382 g/mol. The summed E-state index contributed by atoms with van der Waals surface area (Å²) in [5, 5.41) is 3.37. The summed E-state index contributed by atoms with van der Waals surface area (Å²) >= 11 is 0. The molecule has 0 spiro atoms. The first-order chi connectivity index (χ1) is 13.7. The Labute approximate surface area is 163 Å². The lowest BCUT2D eigenvalue weighted by atomic mass is 9.70. The summed E-state index contributed by atoms with van der Waals surface area (Å²) in [5.74, 6) is 1.54. The Hall–Kier alpha value is -2.41. The highest BCUT2D eigenvalue weighted by Crippen LogP contribution is 2.46. The molecule has 2 aliphatic heterocycles. The lowest BCUT2D eigenvalue weighted by molar-refractivity contribution is -0.116. The predicted molar refractivity (Wildman–Crippen MR) is 107 cm³/mol. The highest BCUT2D eigenvalue weighted by molar-refractivity contribution is 6.00. The van der Waals surface area contributed by atoms with E-state index in [0.29, 0.717) is 50.1 Å². The largest absolute Gasteiger partial charge is 0.378 e. The van der Waals surface area contributed by atoms with Gasteiger partial charge in [0.15, 0.2) is 5.78 Å². The molecular weight excluding hydrogens is 356 g/mol. The molecule has 0 aromatic carbocycles. The van der Waals surface area contributed by atoms with E-state index in [-0.39, 0.29) is 23.2 Å². The van der Waals surface area contributed by atoms with Crippen molar-refractivity contribution in [3.63, 3.8) is 0 Å². The van der Waals surface area contributed by atoms with Crippen LogP contribution in [-0.2, 0) is 9.53 Å². The molecule has 3 heterocycles. The zero-order chi connectivity index (χ0) is 19.1. The van der Waals surface area contributed by atoms with Crippen molar-refractivity contribution in [1.82, 2.24) is 9.97 Å². The average Bonchev–Trinajstić information content (AvgIpc) is 2.73. The van der Waals surface area contributed by atoms with Crippen molar-refractivity contribution >= 4 is 17.5 Å². The van der Waals surface area contributed by atoms with E-state index in [9.17, 15) is 9.59 Å². The van der Waals surface area contributed by atoms with Crippen LogP contribution in [0.3, 0.4) is 0 Å². The number of aromatic amines is 1. The fraction of sp³-hybridized carbons (Fsp3) is 0.571. The lowest BCUT2D eigenvalue weighted by Gasteiger charge is -2.37. The number of anilines is 2. The maximum atomic E-state index is 13.2. The number of allylic oxidation sites excluding steroid dienone is 4. The molecule has 1 aromatic rings. The first-order valence-corrected chi connectivity index (χ1v) is 10.4. The third kappa shape index (κ3) is 2.98. The first kappa shape index (κ1) is 17.7. The van der Waals surface area contributed by atoms with E-state index in [0.717, 1.165) is 43.4 Å². The minimum atomic E-state index is -0.154. The lowest BCUT2D eigenvalue weighted by Crippen LogP contribution is -2.40. The summed E-state index contributed by atoms with van der Waals surface area (Å²) in [6, 6.07) is 0. The van der Waals surface area contributed by atoms with Gasteiger partial charge in [-0.15, -0.1) is 0 Å². The molecule has 148 valence electrons. The van der Waals surface area contributed by atoms with Crippen molar-refractivity contribution in [3.05, 3.63) is 39.3 Å². The van der Waals surface area contributed by atoms with Crippen LogP contribution in [0.1, 0.15) is 50.0 Å². The number of aromatic nitrogens is 2. The number of Topliss-reactive ketones (excluding diaryl/α,β-unsaturated/α-hetero) is 1. The number of carbonyl (C=O) groups is 1. The van der Waals surface area contributed by atoms with Crippen LogP contribution in [-0.4, -0.2) is 42.1 Å². The number of fused-ring (bicyclic) bond motifs is 1. The molecule has 7 nitrogen and oxygen atoms in total. The van der Waals surface area contributed by atoms with E-state index in [1.54, 1.807) is 0 Å². The Bertz CT molecular complexity index is 911. The summed E-state index contributed by atoms with van der Waals surface area (Å²) in [6.45, 7) is 2.69. The van der Waals surface area contributed by atoms with E-state index in [1.807, 2.05) is 0 Å². The van der Waals surface area contributed by atoms with Crippen LogP contribution in [0.25, 0.3) is 0 Å². The van der Waals surface area contributed by atoms with Crippen molar-refractivity contribution in [2.45, 2.75) is 44.4 Å². The normalized spacial score (nSPS) is 27.3. The Morgan fingerprint density at radius 1 is 1.14 bits per heavy atom. The van der Waals surface area contributed by atoms with Crippen LogP contribution in [0.2, 0.25) is 0 Å². The molecule has 0 unspecified atom stereocenters. The third-order valence-corrected chi connectivity index (χ3v) is 6.38.